The highest BCUT2D eigenvalue weighted by Crippen LogP contribution is 2.12. The molecule has 1 aliphatic rings. The molecule has 6 heteroatoms. The highest BCUT2D eigenvalue weighted by Gasteiger charge is 2.29. The average Bonchev–Trinajstić information content (AvgIpc) is 2.40. The second-order valence-corrected chi connectivity index (χ2v) is 3.79. The number of carbonyl (C=O) groups is 1. The van der Waals surface area contributed by atoms with Gasteiger partial charge in [-0.15, -0.1) is 0 Å². The lowest BCUT2D eigenvalue weighted by molar-refractivity contribution is -0.121. The quantitative estimate of drug-likeness (QED) is 0.621. The van der Waals surface area contributed by atoms with E-state index >= 15 is 0 Å². The van der Waals surface area contributed by atoms with E-state index in [9.17, 15) is 13.6 Å². The Morgan fingerprint density at radius 1 is 1.60 bits per heavy atom. The summed E-state index contributed by atoms with van der Waals surface area (Å²) in [4.78, 5) is 11.1. The first-order chi connectivity index (χ1) is 7.03. The largest absolute Gasteiger partial charge is 0.390 e. The first-order valence-electron chi connectivity index (χ1n) is 5.02. The Labute approximate surface area is 87.0 Å². The number of amides is 1. The third kappa shape index (κ3) is 4.53. The van der Waals surface area contributed by atoms with Crippen LogP contribution in [-0.2, 0) is 4.79 Å². The molecule has 1 amide bonds. The Morgan fingerprint density at radius 3 is 3.00 bits per heavy atom. The smallest absolute Gasteiger partial charge is 0.282 e. The fourth-order valence-electron chi connectivity index (χ4n) is 1.50. The van der Waals surface area contributed by atoms with Gasteiger partial charge in [0, 0.05) is 19.0 Å². The Balaban J connectivity index is 2.33. The van der Waals surface area contributed by atoms with Crippen molar-refractivity contribution in [2.45, 2.75) is 31.2 Å². The summed E-state index contributed by atoms with van der Waals surface area (Å²) in [7, 11) is 0. The Kier molecular flexibility index (Phi) is 4.41. The van der Waals surface area contributed by atoms with Gasteiger partial charge in [-0.2, -0.15) is 0 Å². The average molecular weight is 222 g/mol. The molecule has 0 spiro atoms. The molecule has 1 unspecified atom stereocenters. The number of halogens is 2. The molecule has 0 aromatic rings. The van der Waals surface area contributed by atoms with E-state index in [1.54, 1.807) is 0 Å². The topological polar surface area (TPSA) is 61.4 Å². The Morgan fingerprint density at radius 2 is 2.33 bits per heavy atom. The molecular weight excluding hydrogens is 206 g/mol. The monoisotopic (exact) mass is 222 g/mol. The van der Waals surface area contributed by atoms with E-state index in [1.807, 2.05) is 0 Å². The maximum Gasteiger partial charge on any atom is 0.282 e. The molecular formula is C9H16F2N2O2. The SMILES string of the molecule is O=C1CC(NCC(F)(F)CO)CCCN1. The van der Waals surface area contributed by atoms with Crippen molar-refractivity contribution >= 4 is 5.91 Å². The molecule has 0 saturated carbocycles. The number of nitrogens with one attached hydrogen (secondary N) is 2. The van der Waals surface area contributed by atoms with Crippen LogP contribution in [0.5, 0.6) is 0 Å². The van der Waals surface area contributed by atoms with Gasteiger partial charge in [0.1, 0.15) is 6.61 Å². The molecule has 0 aliphatic carbocycles. The van der Waals surface area contributed by atoms with Gasteiger partial charge in [0.15, 0.2) is 0 Å². The van der Waals surface area contributed by atoms with Gasteiger partial charge in [0.25, 0.3) is 5.92 Å². The van der Waals surface area contributed by atoms with Gasteiger partial charge in [-0.1, -0.05) is 0 Å². The van der Waals surface area contributed by atoms with Crippen LogP contribution in [0, 0.1) is 0 Å². The predicted octanol–water partition coefficient (Wildman–Crippen LogP) is -0.128. The van der Waals surface area contributed by atoms with Crippen LogP contribution in [0.1, 0.15) is 19.3 Å². The highest BCUT2D eigenvalue weighted by molar-refractivity contribution is 5.76. The maximum atomic E-state index is 12.7. The first-order valence-corrected chi connectivity index (χ1v) is 5.02. The molecule has 0 radical (unpaired) electrons. The number of aliphatic hydroxyl groups is 1. The third-order valence-electron chi connectivity index (χ3n) is 2.36. The van der Waals surface area contributed by atoms with Crippen molar-refractivity contribution in [1.29, 1.82) is 0 Å². The van der Waals surface area contributed by atoms with Gasteiger partial charge in [-0.3, -0.25) is 4.79 Å². The molecule has 0 bridgehead atoms. The zero-order valence-electron chi connectivity index (χ0n) is 8.43. The van der Waals surface area contributed by atoms with Crippen LogP contribution in [0.3, 0.4) is 0 Å². The zero-order valence-corrected chi connectivity index (χ0v) is 8.43. The standard InChI is InChI=1S/C9H16F2N2O2/c10-9(11,6-14)5-13-7-2-1-3-12-8(15)4-7/h7,13-14H,1-6H2,(H,12,15). The second-order valence-electron chi connectivity index (χ2n) is 3.79. The molecule has 1 fully saturated rings. The summed E-state index contributed by atoms with van der Waals surface area (Å²) in [6.07, 6.45) is 1.70. The van der Waals surface area contributed by atoms with Crippen molar-refractivity contribution in [1.82, 2.24) is 10.6 Å². The molecule has 1 atom stereocenters. The van der Waals surface area contributed by atoms with Crippen LogP contribution in [-0.4, -0.2) is 42.7 Å². The molecule has 4 nitrogen and oxygen atoms in total. The lowest BCUT2D eigenvalue weighted by atomic mass is 10.1. The zero-order chi connectivity index (χ0) is 11.3. The number of carbonyl (C=O) groups excluding carboxylic acids is 1. The van der Waals surface area contributed by atoms with Crippen LogP contribution >= 0.6 is 0 Å². The van der Waals surface area contributed by atoms with Gasteiger partial charge in [0.2, 0.25) is 5.91 Å². The molecule has 1 rings (SSSR count). The lowest BCUT2D eigenvalue weighted by Crippen LogP contribution is -2.42. The number of hydrogen-bond acceptors (Lipinski definition) is 3. The molecule has 1 heterocycles. The number of aliphatic hydroxyl groups excluding tert-OH is 1. The summed E-state index contributed by atoms with van der Waals surface area (Å²) in [5.74, 6) is -3.22. The third-order valence-corrected chi connectivity index (χ3v) is 2.36. The van der Waals surface area contributed by atoms with E-state index < -0.39 is 19.1 Å². The summed E-state index contributed by atoms with van der Waals surface area (Å²) in [6.45, 7) is -1.15. The molecule has 15 heavy (non-hydrogen) atoms. The molecule has 1 aliphatic heterocycles. The van der Waals surface area contributed by atoms with E-state index in [4.69, 9.17) is 5.11 Å². The van der Waals surface area contributed by atoms with Crippen molar-refractivity contribution in [3.05, 3.63) is 0 Å². The van der Waals surface area contributed by atoms with E-state index in [1.165, 1.54) is 0 Å². The van der Waals surface area contributed by atoms with Gasteiger partial charge in [0.05, 0.1) is 6.54 Å². The molecule has 0 aromatic heterocycles. The number of alkyl halides is 2. The molecule has 0 aromatic carbocycles. The van der Waals surface area contributed by atoms with Crippen molar-refractivity contribution in [2.75, 3.05) is 19.7 Å². The molecule has 3 N–H and O–H groups in total. The summed E-state index contributed by atoms with van der Waals surface area (Å²) in [6, 6.07) is -0.218. The minimum atomic E-state index is -3.11. The van der Waals surface area contributed by atoms with E-state index in [2.05, 4.69) is 10.6 Å². The maximum absolute atomic E-state index is 12.7. The Hall–Kier alpha value is -0.750. The summed E-state index contributed by atoms with van der Waals surface area (Å²) >= 11 is 0. The van der Waals surface area contributed by atoms with Crippen LogP contribution < -0.4 is 10.6 Å². The summed E-state index contributed by atoms with van der Waals surface area (Å²) < 4.78 is 25.4. The van der Waals surface area contributed by atoms with E-state index in [-0.39, 0.29) is 18.4 Å². The van der Waals surface area contributed by atoms with Gasteiger partial charge >= 0.3 is 0 Å². The van der Waals surface area contributed by atoms with Crippen LogP contribution in [0.2, 0.25) is 0 Å². The summed E-state index contributed by atoms with van der Waals surface area (Å²) in [5, 5.41) is 13.6. The van der Waals surface area contributed by atoms with Gasteiger partial charge in [-0.05, 0) is 12.8 Å². The fourth-order valence-corrected chi connectivity index (χ4v) is 1.50. The van der Waals surface area contributed by atoms with Crippen LogP contribution in [0.4, 0.5) is 8.78 Å². The van der Waals surface area contributed by atoms with Crippen molar-refractivity contribution in [2.24, 2.45) is 0 Å². The van der Waals surface area contributed by atoms with Crippen LogP contribution in [0.25, 0.3) is 0 Å². The Bertz CT molecular complexity index is 224. The molecule has 1 saturated heterocycles. The summed E-state index contributed by atoms with van der Waals surface area (Å²) in [5.41, 5.74) is 0. The number of rotatable bonds is 4. The minimum Gasteiger partial charge on any atom is -0.390 e. The van der Waals surface area contributed by atoms with Crippen LogP contribution in [0.15, 0.2) is 0 Å². The van der Waals surface area contributed by atoms with E-state index in [0.29, 0.717) is 13.0 Å². The highest BCUT2D eigenvalue weighted by atomic mass is 19.3. The second kappa shape index (κ2) is 5.37. The van der Waals surface area contributed by atoms with E-state index in [0.717, 1.165) is 6.42 Å². The normalized spacial score (nSPS) is 23.4. The molecule has 88 valence electrons. The lowest BCUT2D eigenvalue weighted by Gasteiger charge is -2.19. The predicted molar refractivity (Wildman–Crippen MR) is 50.7 cm³/mol. The van der Waals surface area contributed by atoms with Gasteiger partial charge < -0.3 is 15.7 Å². The first kappa shape index (κ1) is 12.3. The van der Waals surface area contributed by atoms with Crippen molar-refractivity contribution in [3.63, 3.8) is 0 Å². The van der Waals surface area contributed by atoms with Gasteiger partial charge in [-0.25, -0.2) is 8.78 Å². The van der Waals surface area contributed by atoms with Crippen molar-refractivity contribution in [3.8, 4) is 0 Å². The fraction of sp³-hybridized carbons (Fsp3) is 0.889. The van der Waals surface area contributed by atoms with Crippen molar-refractivity contribution < 1.29 is 18.7 Å². The number of hydrogen-bond donors (Lipinski definition) is 3. The minimum absolute atomic E-state index is 0.114.